The number of nitrogens with zero attached hydrogens (tertiary/aromatic N) is 2. The predicted octanol–water partition coefficient (Wildman–Crippen LogP) is 4.37. The molecule has 1 aliphatic carbocycles. The lowest BCUT2D eigenvalue weighted by Gasteiger charge is -2.36. The van der Waals surface area contributed by atoms with Crippen molar-refractivity contribution in [3.63, 3.8) is 0 Å². The molecule has 0 unspecified atom stereocenters. The molecule has 4 heteroatoms. The third-order valence-electron chi connectivity index (χ3n) is 5.40. The molecule has 2 heterocycles. The van der Waals surface area contributed by atoms with Gasteiger partial charge in [0.25, 0.3) is 5.91 Å². The van der Waals surface area contributed by atoms with Gasteiger partial charge in [0.1, 0.15) is 0 Å². The SMILES string of the molecule is O=C(c1cc2c(s1)CCCCCC2)N1CCN(c2ccccc2)CC1. The molecule has 1 fully saturated rings. The predicted molar refractivity (Wildman–Crippen MR) is 105 cm³/mol. The summed E-state index contributed by atoms with van der Waals surface area (Å²) in [6, 6.07) is 12.7. The van der Waals surface area contributed by atoms with Crippen molar-refractivity contribution in [2.24, 2.45) is 0 Å². The first kappa shape index (κ1) is 16.6. The van der Waals surface area contributed by atoms with Gasteiger partial charge in [-0.2, -0.15) is 0 Å². The number of carbonyl (C=O) groups excluding carboxylic acids is 1. The number of carbonyl (C=O) groups is 1. The maximum Gasteiger partial charge on any atom is 0.264 e. The molecule has 0 N–H and O–H groups in total. The van der Waals surface area contributed by atoms with E-state index in [1.54, 1.807) is 11.3 Å². The van der Waals surface area contributed by atoms with E-state index in [0.29, 0.717) is 0 Å². The van der Waals surface area contributed by atoms with Crippen LogP contribution in [0, 0.1) is 0 Å². The zero-order valence-corrected chi connectivity index (χ0v) is 15.6. The van der Waals surface area contributed by atoms with Gasteiger partial charge in [-0.1, -0.05) is 31.0 Å². The number of anilines is 1. The standard InChI is InChI=1S/C21H26N2OS/c24-21(20-16-17-8-4-1-2-7-11-19(17)25-20)23-14-12-22(13-15-23)18-9-5-3-6-10-18/h3,5-6,9-10,16H,1-2,4,7-8,11-15H2. The van der Waals surface area contributed by atoms with Crippen molar-refractivity contribution in [3.05, 3.63) is 51.7 Å². The summed E-state index contributed by atoms with van der Waals surface area (Å²) >= 11 is 1.75. The molecule has 0 saturated carbocycles. The number of fused-ring (bicyclic) bond motifs is 1. The van der Waals surface area contributed by atoms with E-state index < -0.39 is 0 Å². The van der Waals surface area contributed by atoms with Gasteiger partial charge < -0.3 is 9.80 Å². The minimum atomic E-state index is 0.240. The van der Waals surface area contributed by atoms with Gasteiger partial charge in [0, 0.05) is 36.7 Å². The van der Waals surface area contributed by atoms with Crippen molar-refractivity contribution in [3.8, 4) is 0 Å². The Bertz CT molecular complexity index is 691. The number of benzene rings is 1. The van der Waals surface area contributed by atoms with Crippen LogP contribution in [0.2, 0.25) is 0 Å². The second-order valence-corrected chi connectivity index (χ2v) is 8.22. The van der Waals surface area contributed by atoms with Crippen LogP contribution in [0.4, 0.5) is 5.69 Å². The molecule has 2 aliphatic rings. The molecule has 132 valence electrons. The molecule has 0 bridgehead atoms. The molecular formula is C21H26N2OS. The maximum absolute atomic E-state index is 13.0. The van der Waals surface area contributed by atoms with E-state index in [9.17, 15) is 4.79 Å². The summed E-state index contributed by atoms with van der Waals surface area (Å²) in [5.74, 6) is 0.240. The fraction of sp³-hybridized carbons (Fsp3) is 0.476. The maximum atomic E-state index is 13.0. The lowest BCUT2D eigenvalue weighted by Crippen LogP contribution is -2.48. The summed E-state index contributed by atoms with van der Waals surface area (Å²) in [6.45, 7) is 3.47. The molecule has 2 aromatic rings. The fourth-order valence-corrected chi connectivity index (χ4v) is 5.13. The molecule has 0 atom stereocenters. The van der Waals surface area contributed by atoms with E-state index in [2.05, 4.69) is 35.2 Å². The Morgan fingerprint density at radius 1 is 0.880 bits per heavy atom. The topological polar surface area (TPSA) is 23.6 Å². The first-order chi connectivity index (χ1) is 12.3. The van der Waals surface area contributed by atoms with E-state index in [1.807, 2.05) is 11.0 Å². The molecule has 25 heavy (non-hydrogen) atoms. The average molecular weight is 355 g/mol. The number of aryl methyl sites for hydroxylation is 2. The molecule has 0 radical (unpaired) electrons. The Balaban J connectivity index is 1.41. The molecule has 3 nitrogen and oxygen atoms in total. The minimum Gasteiger partial charge on any atom is -0.368 e. The van der Waals surface area contributed by atoms with Crippen molar-refractivity contribution in [1.29, 1.82) is 0 Å². The highest BCUT2D eigenvalue weighted by Gasteiger charge is 2.24. The van der Waals surface area contributed by atoms with Crippen LogP contribution in [0.1, 0.15) is 45.8 Å². The van der Waals surface area contributed by atoms with E-state index in [-0.39, 0.29) is 5.91 Å². The van der Waals surface area contributed by atoms with Gasteiger partial charge in [-0.15, -0.1) is 11.3 Å². The number of thiophene rings is 1. The van der Waals surface area contributed by atoms with E-state index in [1.165, 1.54) is 41.8 Å². The van der Waals surface area contributed by atoms with Crippen LogP contribution in [0.3, 0.4) is 0 Å². The molecular weight excluding hydrogens is 328 g/mol. The quantitative estimate of drug-likeness (QED) is 0.799. The van der Waals surface area contributed by atoms with Gasteiger partial charge in [-0.3, -0.25) is 4.79 Å². The summed E-state index contributed by atoms with van der Waals surface area (Å²) < 4.78 is 0. The van der Waals surface area contributed by atoms with E-state index in [4.69, 9.17) is 0 Å². The number of para-hydroxylation sites is 1. The van der Waals surface area contributed by atoms with Crippen LogP contribution < -0.4 is 4.90 Å². The molecule has 1 aliphatic heterocycles. The minimum absolute atomic E-state index is 0.240. The molecule has 4 rings (SSSR count). The number of rotatable bonds is 2. The average Bonchev–Trinajstić information content (AvgIpc) is 3.04. The lowest BCUT2D eigenvalue weighted by molar-refractivity contribution is 0.0751. The second kappa shape index (κ2) is 7.61. The number of piperazine rings is 1. The smallest absolute Gasteiger partial charge is 0.264 e. The number of hydrogen-bond donors (Lipinski definition) is 0. The summed E-state index contributed by atoms with van der Waals surface area (Å²) in [7, 11) is 0. The Hall–Kier alpha value is -1.81. The van der Waals surface area contributed by atoms with E-state index >= 15 is 0 Å². The molecule has 1 amide bonds. The highest BCUT2D eigenvalue weighted by molar-refractivity contribution is 7.14. The van der Waals surface area contributed by atoms with Crippen LogP contribution in [0.5, 0.6) is 0 Å². The summed E-state index contributed by atoms with van der Waals surface area (Å²) in [4.78, 5) is 19.8. The van der Waals surface area contributed by atoms with Crippen molar-refractivity contribution in [1.82, 2.24) is 4.90 Å². The highest BCUT2D eigenvalue weighted by atomic mass is 32.1. The molecule has 1 saturated heterocycles. The number of amides is 1. The van der Waals surface area contributed by atoms with Crippen LogP contribution in [-0.2, 0) is 12.8 Å². The zero-order chi connectivity index (χ0) is 17.1. The van der Waals surface area contributed by atoms with Gasteiger partial charge in [0.05, 0.1) is 4.88 Å². The normalized spacial score (nSPS) is 18.4. The Morgan fingerprint density at radius 2 is 1.60 bits per heavy atom. The van der Waals surface area contributed by atoms with Gasteiger partial charge in [0.2, 0.25) is 0 Å². The second-order valence-electron chi connectivity index (χ2n) is 7.09. The molecule has 1 aromatic heterocycles. The Kier molecular flexibility index (Phi) is 5.07. The third kappa shape index (κ3) is 3.74. The first-order valence-electron chi connectivity index (χ1n) is 9.52. The van der Waals surface area contributed by atoms with Crippen LogP contribution in [0.15, 0.2) is 36.4 Å². The Labute approximate surface area is 154 Å². The molecule has 1 aromatic carbocycles. The van der Waals surface area contributed by atoms with Crippen LogP contribution in [-0.4, -0.2) is 37.0 Å². The van der Waals surface area contributed by atoms with E-state index in [0.717, 1.165) is 43.9 Å². The summed E-state index contributed by atoms with van der Waals surface area (Å²) in [5.41, 5.74) is 2.70. The Morgan fingerprint density at radius 3 is 2.36 bits per heavy atom. The fourth-order valence-electron chi connectivity index (χ4n) is 3.91. The van der Waals surface area contributed by atoms with Gasteiger partial charge in [0.15, 0.2) is 0 Å². The summed E-state index contributed by atoms with van der Waals surface area (Å²) in [5, 5.41) is 0. The lowest BCUT2D eigenvalue weighted by atomic mass is 10.00. The third-order valence-corrected chi connectivity index (χ3v) is 6.62. The van der Waals surface area contributed by atoms with Gasteiger partial charge in [-0.25, -0.2) is 0 Å². The summed E-state index contributed by atoms with van der Waals surface area (Å²) in [6.07, 6.45) is 7.53. The monoisotopic (exact) mass is 354 g/mol. The van der Waals surface area contributed by atoms with Crippen molar-refractivity contribution >= 4 is 22.9 Å². The zero-order valence-electron chi connectivity index (χ0n) is 14.7. The van der Waals surface area contributed by atoms with Gasteiger partial charge >= 0.3 is 0 Å². The first-order valence-corrected chi connectivity index (χ1v) is 10.3. The highest BCUT2D eigenvalue weighted by Crippen LogP contribution is 2.29. The van der Waals surface area contributed by atoms with Crippen molar-refractivity contribution in [2.75, 3.05) is 31.1 Å². The van der Waals surface area contributed by atoms with Crippen LogP contribution in [0.25, 0.3) is 0 Å². The molecule has 0 spiro atoms. The van der Waals surface area contributed by atoms with Gasteiger partial charge in [-0.05, 0) is 49.4 Å². The van der Waals surface area contributed by atoms with Crippen LogP contribution >= 0.6 is 11.3 Å². The number of hydrogen-bond acceptors (Lipinski definition) is 3. The largest absolute Gasteiger partial charge is 0.368 e. The van der Waals surface area contributed by atoms with Crippen molar-refractivity contribution in [2.45, 2.75) is 38.5 Å². The van der Waals surface area contributed by atoms with Crippen molar-refractivity contribution < 1.29 is 4.79 Å².